The molecule has 0 unspecified atom stereocenters. The molecule has 3 heteroatoms. The zero-order chi connectivity index (χ0) is 38.2. The first-order chi connectivity index (χ1) is 26.1. The molecule has 2 rings (SSSR count). The Kier molecular flexibility index (Phi) is 32.1. The van der Waals surface area contributed by atoms with Gasteiger partial charge in [-0.25, -0.2) is 0 Å². The predicted molar refractivity (Wildman–Crippen MR) is 241 cm³/mol. The van der Waals surface area contributed by atoms with E-state index in [2.05, 4.69) is 77.9 Å². The topological polar surface area (TPSA) is 24.7 Å². The monoisotopic (exact) mass is 785 g/mol. The van der Waals surface area contributed by atoms with E-state index in [1.807, 2.05) is 0 Å². The molecule has 0 saturated carbocycles. The second-order valence-corrected chi connectivity index (χ2v) is 16.3. The first-order valence-electron chi connectivity index (χ1n) is 23.5. The number of benzene rings is 2. The number of aryl methyl sites for hydroxylation is 4. The minimum absolute atomic E-state index is 0. The molecular formula is C51H86N2Ni. The van der Waals surface area contributed by atoms with E-state index in [4.69, 9.17) is 9.98 Å². The van der Waals surface area contributed by atoms with Crippen molar-refractivity contribution in [2.45, 2.75) is 241 Å². The summed E-state index contributed by atoms with van der Waals surface area (Å²) in [7, 11) is 0. The average molecular weight is 786 g/mol. The van der Waals surface area contributed by atoms with Gasteiger partial charge in [-0.15, -0.1) is 0 Å². The quantitative estimate of drug-likeness (QED) is 0.0384. The van der Waals surface area contributed by atoms with Gasteiger partial charge in [-0.05, 0) is 117 Å². The van der Waals surface area contributed by atoms with Gasteiger partial charge in [0.15, 0.2) is 0 Å². The molecule has 0 radical (unpaired) electrons. The van der Waals surface area contributed by atoms with E-state index in [0.717, 1.165) is 49.9 Å². The van der Waals surface area contributed by atoms with Gasteiger partial charge >= 0.3 is 0 Å². The number of unbranched alkanes of at least 4 members (excludes halogenated alkanes) is 20. The van der Waals surface area contributed by atoms with E-state index in [1.165, 1.54) is 194 Å². The van der Waals surface area contributed by atoms with E-state index in [9.17, 15) is 0 Å². The van der Waals surface area contributed by atoms with Crippen LogP contribution in [0, 0.1) is 0 Å². The van der Waals surface area contributed by atoms with Crippen LogP contribution in [0.4, 0.5) is 11.4 Å². The maximum atomic E-state index is 5.55. The van der Waals surface area contributed by atoms with Crippen molar-refractivity contribution in [2.75, 3.05) is 0 Å². The normalized spacial score (nSPS) is 12.0. The largest absolute Gasteiger partial charge is 0.252 e. The van der Waals surface area contributed by atoms with Crippen LogP contribution in [0.25, 0.3) is 0 Å². The fraction of sp³-hybridized carbons (Fsp3) is 0.725. The number of aliphatic imine (C=N–C) groups is 2. The number of nitrogens with zero attached hydrogens (tertiary/aromatic N) is 2. The van der Waals surface area contributed by atoms with Gasteiger partial charge in [0.25, 0.3) is 0 Å². The summed E-state index contributed by atoms with van der Waals surface area (Å²) in [5.41, 5.74) is 10.6. The van der Waals surface area contributed by atoms with Gasteiger partial charge in [-0.1, -0.05) is 182 Å². The van der Waals surface area contributed by atoms with Gasteiger partial charge in [-0.2, -0.15) is 0 Å². The first-order valence-corrected chi connectivity index (χ1v) is 23.5. The van der Waals surface area contributed by atoms with Crippen LogP contribution < -0.4 is 0 Å². The molecule has 0 heterocycles. The zero-order valence-corrected chi connectivity index (χ0v) is 37.6. The summed E-state index contributed by atoms with van der Waals surface area (Å²) in [6.45, 7) is 13.8. The maximum absolute atomic E-state index is 5.55. The smallest absolute Gasteiger partial charge is 0.0639 e. The molecular weight excluding hydrogens is 699 g/mol. The standard InChI is InChI=1S/C51H86N2.Ni/c1-7-13-18-19-20-21-22-23-24-25-26-27-32-37-51(53-49-42-46(35-30-16-10-4)39-47(43-49)36-31-17-11-5)50(12-6)52-48-40-44(33-28-14-8-2)38-45(41-48)34-29-15-9-3;/h38-43H,7-37H2,1-6H3;/b52-50+,53-51+;. The molecule has 0 aliphatic rings. The predicted octanol–water partition coefficient (Wildman–Crippen LogP) is 17.4. The van der Waals surface area contributed by atoms with Gasteiger partial charge in [0.2, 0.25) is 0 Å². The van der Waals surface area contributed by atoms with E-state index < -0.39 is 0 Å². The Hall–Kier alpha value is -1.73. The van der Waals surface area contributed by atoms with Crippen LogP contribution in [0.5, 0.6) is 0 Å². The summed E-state index contributed by atoms with van der Waals surface area (Å²) in [4.78, 5) is 11.0. The summed E-state index contributed by atoms with van der Waals surface area (Å²) in [5, 5.41) is 0. The second kappa shape index (κ2) is 34.5. The SMILES string of the molecule is CCCCCCCCCCCCCCCC(=N\c1cc(CCCCC)cc(CCCCC)c1)/C(CC)=N/c1cc(CCCCC)cc(CCCCC)c1.[Ni]. The van der Waals surface area contributed by atoms with Crippen molar-refractivity contribution in [2.24, 2.45) is 9.98 Å². The van der Waals surface area contributed by atoms with Crippen molar-refractivity contribution in [1.29, 1.82) is 0 Å². The molecule has 0 fully saturated rings. The van der Waals surface area contributed by atoms with Gasteiger partial charge in [-0.3, -0.25) is 9.98 Å². The summed E-state index contributed by atoms with van der Waals surface area (Å²) in [6.07, 6.45) is 39.9. The fourth-order valence-corrected chi connectivity index (χ4v) is 7.74. The van der Waals surface area contributed by atoms with Gasteiger partial charge in [0.05, 0.1) is 22.8 Å². The van der Waals surface area contributed by atoms with Crippen molar-refractivity contribution >= 4 is 22.8 Å². The van der Waals surface area contributed by atoms with Crippen molar-refractivity contribution in [3.63, 3.8) is 0 Å². The van der Waals surface area contributed by atoms with Crippen LogP contribution in [0.15, 0.2) is 46.4 Å². The molecule has 0 aliphatic heterocycles. The number of hydrogen-bond donors (Lipinski definition) is 0. The minimum Gasteiger partial charge on any atom is -0.252 e. The maximum Gasteiger partial charge on any atom is 0.0639 e. The molecule has 0 amide bonds. The molecule has 2 nitrogen and oxygen atoms in total. The third kappa shape index (κ3) is 24.0. The molecule has 0 bridgehead atoms. The van der Waals surface area contributed by atoms with Crippen molar-refractivity contribution in [1.82, 2.24) is 0 Å². The average Bonchev–Trinajstić information content (AvgIpc) is 3.15. The fourth-order valence-electron chi connectivity index (χ4n) is 7.74. The Bertz CT molecular complexity index is 1190. The van der Waals surface area contributed by atoms with Crippen LogP contribution in [0.3, 0.4) is 0 Å². The number of rotatable bonds is 34. The van der Waals surface area contributed by atoms with Crippen molar-refractivity contribution < 1.29 is 16.5 Å². The van der Waals surface area contributed by atoms with Crippen molar-refractivity contribution in [3.8, 4) is 0 Å². The Labute approximate surface area is 347 Å². The summed E-state index contributed by atoms with van der Waals surface area (Å²) in [5.74, 6) is 0. The molecule has 310 valence electrons. The van der Waals surface area contributed by atoms with Crippen LogP contribution in [0.1, 0.15) is 237 Å². The van der Waals surface area contributed by atoms with E-state index in [0.29, 0.717) is 0 Å². The third-order valence-electron chi connectivity index (χ3n) is 11.1. The van der Waals surface area contributed by atoms with Gasteiger partial charge in [0.1, 0.15) is 0 Å². The molecule has 0 spiro atoms. The van der Waals surface area contributed by atoms with Crippen LogP contribution in [0.2, 0.25) is 0 Å². The van der Waals surface area contributed by atoms with Crippen LogP contribution >= 0.6 is 0 Å². The van der Waals surface area contributed by atoms with Crippen LogP contribution in [-0.2, 0) is 42.2 Å². The first kappa shape index (κ1) is 50.3. The third-order valence-corrected chi connectivity index (χ3v) is 11.1. The Morgan fingerprint density at radius 1 is 0.333 bits per heavy atom. The zero-order valence-electron chi connectivity index (χ0n) is 36.6. The summed E-state index contributed by atoms with van der Waals surface area (Å²) >= 11 is 0. The van der Waals surface area contributed by atoms with E-state index in [1.54, 1.807) is 0 Å². The molecule has 0 saturated heterocycles. The molecule has 54 heavy (non-hydrogen) atoms. The molecule has 0 aromatic heterocycles. The van der Waals surface area contributed by atoms with E-state index in [-0.39, 0.29) is 16.5 Å². The number of hydrogen-bond acceptors (Lipinski definition) is 2. The Morgan fingerprint density at radius 2 is 0.611 bits per heavy atom. The van der Waals surface area contributed by atoms with Crippen LogP contribution in [-0.4, -0.2) is 11.4 Å². The minimum atomic E-state index is 0. The van der Waals surface area contributed by atoms with Crippen molar-refractivity contribution in [3.05, 3.63) is 58.7 Å². The van der Waals surface area contributed by atoms with Gasteiger partial charge in [0, 0.05) is 16.5 Å². The molecule has 0 N–H and O–H groups in total. The Balaban J connectivity index is 0.0000146. The molecule has 0 aliphatic carbocycles. The van der Waals surface area contributed by atoms with Gasteiger partial charge < -0.3 is 0 Å². The molecule has 2 aromatic rings. The van der Waals surface area contributed by atoms with E-state index >= 15 is 0 Å². The Morgan fingerprint density at radius 3 is 0.926 bits per heavy atom. The second-order valence-electron chi connectivity index (χ2n) is 16.3. The molecule has 0 atom stereocenters. The molecule has 2 aromatic carbocycles. The summed E-state index contributed by atoms with van der Waals surface area (Å²) in [6, 6.07) is 14.5. The summed E-state index contributed by atoms with van der Waals surface area (Å²) < 4.78 is 0.